The molecule has 1 aromatic heterocycles. The van der Waals surface area contributed by atoms with Crippen LogP contribution in [0.25, 0.3) is 0 Å². The van der Waals surface area contributed by atoms with E-state index in [0.29, 0.717) is 32.7 Å². The predicted molar refractivity (Wildman–Crippen MR) is 75.7 cm³/mol. The zero-order valence-corrected chi connectivity index (χ0v) is 12.2. The molecule has 0 aromatic carbocycles. The summed E-state index contributed by atoms with van der Waals surface area (Å²) in [5.74, 6) is -0.830. The van der Waals surface area contributed by atoms with Crippen LogP contribution in [0.3, 0.4) is 0 Å². The molecule has 2 heterocycles. The van der Waals surface area contributed by atoms with E-state index in [2.05, 4.69) is 10.4 Å². The van der Waals surface area contributed by atoms with Crippen molar-refractivity contribution in [1.29, 1.82) is 0 Å². The van der Waals surface area contributed by atoms with Crippen molar-refractivity contribution >= 4 is 12.0 Å². The van der Waals surface area contributed by atoms with E-state index in [1.807, 2.05) is 18.0 Å². The lowest BCUT2D eigenvalue weighted by atomic mass is 10.4. The van der Waals surface area contributed by atoms with Crippen LogP contribution in [0.15, 0.2) is 12.3 Å². The van der Waals surface area contributed by atoms with E-state index in [4.69, 9.17) is 5.11 Å². The van der Waals surface area contributed by atoms with Crippen LogP contribution in [-0.4, -0.2) is 69.4 Å². The van der Waals surface area contributed by atoms with Crippen LogP contribution in [0.2, 0.25) is 0 Å². The van der Waals surface area contributed by atoms with Gasteiger partial charge in [-0.3, -0.25) is 14.4 Å². The maximum atomic E-state index is 12.1. The van der Waals surface area contributed by atoms with Gasteiger partial charge in [-0.1, -0.05) is 0 Å². The molecule has 8 nitrogen and oxygen atoms in total. The van der Waals surface area contributed by atoms with E-state index in [0.717, 1.165) is 12.1 Å². The molecule has 1 aromatic rings. The molecule has 2 N–H and O–H groups in total. The Labute approximate surface area is 123 Å². The Morgan fingerprint density at radius 2 is 2.14 bits per heavy atom. The van der Waals surface area contributed by atoms with E-state index in [1.165, 1.54) is 0 Å². The first-order chi connectivity index (χ1) is 10.1. The SMILES string of the molecule is Cn1nccc1CNC(=O)N1CCCN(CC(=O)O)CC1. The van der Waals surface area contributed by atoms with Gasteiger partial charge in [0.15, 0.2) is 0 Å². The summed E-state index contributed by atoms with van der Waals surface area (Å²) < 4.78 is 1.72. The van der Waals surface area contributed by atoms with Gasteiger partial charge in [-0.25, -0.2) is 4.79 Å². The van der Waals surface area contributed by atoms with Gasteiger partial charge in [-0.15, -0.1) is 0 Å². The Balaban J connectivity index is 1.80. The summed E-state index contributed by atoms with van der Waals surface area (Å²) in [5.41, 5.74) is 0.936. The first-order valence-corrected chi connectivity index (χ1v) is 7.00. The Morgan fingerprint density at radius 3 is 2.81 bits per heavy atom. The van der Waals surface area contributed by atoms with Crippen molar-refractivity contribution in [3.05, 3.63) is 18.0 Å². The van der Waals surface area contributed by atoms with Crippen LogP contribution in [0.4, 0.5) is 4.79 Å². The number of carboxylic acids is 1. The molecule has 0 unspecified atom stereocenters. The van der Waals surface area contributed by atoms with Gasteiger partial charge < -0.3 is 15.3 Å². The molecule has 8 heteroatoms. The van der Waals surface area contributed by atoms with Crippen molar-refractivity contribution in [3.63, 3.8) is 0 Å². The minimum absolute atomic E-state index is 0.0322. The quantitative estimate of drug-likeness (QED) is 0.797. The number of aliphatic carboxylic acids is 1. The Morgan fingerprint density at radius 1 is 1.33 bits per heavy atom. The van der Waals surface area contributed by atoms with Crippen molar-refractivity contribution in [2.45, 2.75) is 13.0 Å². The summed E-state index contributed by atoms with van der Waals surface area (Å²) in [6.07, 6.45) is 2.48. The zero-order valence-electron chi connectivity index (χ0n) is 12.2. The van der Waals surface area contributed by atoms with Gasteiger partial charge in [0.25, 0.3) is 0 Å². The normalized spacial score (nSPS) is 16.5. The molecule has 0 saturated carbocycles. The highest BCUT2D eigenvalue weighted by atomic mass is 16.4. The van der Waals surface area contributed by atoms with Crippen molar-refractivity contribution in [1.82, 2.24) is 24.9 Å². The van der Waals surface area contributed by atoms with Crippen molar-refractivity contribution in [3.8, 4) is 0 Å². The van der Waals surface area contributed by atoms with E-state index in [9.17, 15) is 9.59 Å². The molecular weight excluding hydrogens is 274 g/mol. The third-order valence-electron chi connectivity index (χ3n) is 3.58. The molecule has 0 aliphatic carbocycles. The third kappa shape index (κ3) is 4.45. The van der Waals surface area contributed by atoms with Crippen LogP contribution < -0.4 is 5.32 Å². The van der Waals surface area contributed by atoms with Crippen LogP contribution in [0.1, 0.15) is 12.1 Å². The van der Waals surface area contributed by atoms with Gasteiger partial charge in [-0.2, -0.15) is 5.10 Å². The summed E-state index contributed by atoms with van der Waals surface area (Å²) in [7, 11) is 1.83. The van der Waals surface area contributed by atoms with Crippen molar-refractivity contribution < 1.29 is 14.7 Å². The van der Waals surface area contributed by atoms with Crippen molar-refractivity contribution in [2.75, 3.05) is 32.7 Å². The monoisotopic (exact) mass is 295 g/mol. The Bertz CT molecular complexity index is 502. The number of hydrogen-bond acceptors (Lipinski definition) is 4. The minimum Gasteiger partial charge on any atom is -0.480 e. The predicted octanol–water partition coefficient (Wildman–Crippen LogP) is -0.278. The number of urea groups is 1. The second-order valence-electron chi connectivity index (χ2n) is 5.12. The smallest absolute Gasteiger partial charge is 0.317 e. The largest absolute Gasteiger partial charge is 0.480 e. The molecule has 0 radical (unpaired) electrons. The Hall–Kier alpha value is -2.09. The molecule has 116 valence electrons. The molecule has 2 amide bonds. The molecule has 1 aliphatic rings. The van der Waals surface area contributed by atoms with Crippen LogP contribution >= 0.6 is 0 Å². The second-order valence-corrected chi connectivity index (χ2v) is 5.12. The highest BCUT2D eigenvalue weighted by Gasteiger charge is 2.20. The summed E-state index contributed by atoms with van der Waals surface area (Å²) in [6, 6.07) is 1.74. The average Bonchev–Trinajstić information content (AvgIpc) is 2.70. The maximum Gasteiger partial charge on any atom is 0.317 e. The number of rotatable bonds is 4. The van der Waals surface area contributed by atoms with E-state index in [-0.39, 0.29) is 12.6 Å². The molecule has 0 spiro atoms. The van der Waals surface area contributed by atoms with Gasteiger partial charge in [0.2, 0.25) is 0 Å². The lowest BCUT2D eigenvalue weighted by Crippen LogP contribution is -2.42. The summed E-state index contributed by atoms with van der Waals surface area (Å²) in [4.78, 5) is 26.4. The number of nitrogens with zero attached hydrogens (tertiary/aromatic N) is 4. The van der Waals surface area contributed by atoms with Gasteiger partial charge >= 0.3 is 12.0 Å². The molecule has 1 fully saturated rings. The number of aromatic nitrogens is 2. The molecule has 2 rings (SSSR count). The van der Waals surface area contributed by atoms with Gasteiger partial charge in [0.1, 0.15) is 0 Å². The van der Waals surface area contributed by atoms with E-state index < -0.39 is 5.97 Å². The van der Waals surface area contributed by atoms with Crippen LogP contribution in [0, 0.1) is 0 Å². The number of carboxylic acid groups (broad SMARTS) is 1. The number of aryl methyl sites for hydroxylation is 1. The topological polar surface area (TPSA) is 90.7 Å². The number of nitrogens with one attached hydrogen (secondary N) is 1. The fourth-order valence-electron chi connectivity index (χ4n) is 2.38. The molecule has 1 aliphatic heterocycles. The first-order valence-electron chi connectivity index (χ1n) is 7.00. The van der Waals surface area contributed by atoms with Crippen LogP contribution in [-0.2, 0) is 18.4 Å². The lowest BCUT2D eigenvalue weighted by molar-refractivity contribution is -0.138. The number of carbonyl (C=O) groups is 2. The first kappa shape index (κ1) is 15.3. The van der Waals surface area contributed by atoms with E-state index in [1.54, 1.807) is 15.8 Å². The molecule has 1 saturated heterocycles. The minimum atomic E-state index is -0.830. The standard InChI is InChI=1S/C13H21N5O3/c1-16-11(3-4-15-16)9-14-13(21)18-6-2-5-17(7-8-18)10-12(19)20/h3-4H,2,5-10H2,1H3,(H,14,21)(H,19,20). The van der Waals surface area contributed by atoms with E-state index >= 15 is 0 Å². The van der Waals surface area contributed by atoms with Crippen molar-refractivity contribution in [2.24, 2.45) is 7.05 Å². The highest BCUT2D eigenvalue weighted by molar-refractivity contribution is 5.74. The third-order valence-corrected chi connectivity index (χ3v) is 3.58. The Kier molecular flexibility index (Phi) is 5.15. The van der Waals surface area contributed by atoms with Gasteiger partial charge in [-0.05, 0) is 12.5 Å². The summed E-state index contributed by atoms with van der Waals surface area (Å²) in [6.45, 7) is 2.95. The summed E-state index contributed by atoms with van der Waals surface area (Å²) in [5, 5.41) is 15.7. The fourth-order valence-corrected chi connectivity index (χ4v) is 2.38. The average molecular weight is 295 g/mol. The zero-order chi connectivity index (χ0) is 15.2. The van der Waals surface area contributed by atoms with Gasteiger partial charge in [0.05, 0.1) is 18.8 Å². The molecular formula is C13H21N5O3. The maximum absolute atomic E-state index is 12.1. The second kappa shape index (κ2) is 7.07. The van der Waals surface area contributed by atoms with Gasteiger partial charge in [0, 0.05) is 39.4 Å². The fraction of sp³-hybridized carbons (Fsp3) is 0.615. The lowest BCUT2D eigenvalue weighted by Gasteiger charge is -2.21. The molecule has 21 heavy (non-hydrogen) atoms. The molecule has 0 bridgehead atoms. The summed E-state index contributed by atoms with van der Waals surface area (Å²) >= 11 is 0. The molecule has 0 atom stereocenters. The number of amides is 2. The number of hydrogen-bond donors (Lipinski definition) is 2. The highest BCUT2D eigenvalue weighted by Crippen LogP contribution is 2.04. The number of carbonyl (C=O) groups excluding carboxylic acids is 1. The van der Waals surface area contributed by atoms with Crippen LogP contribution in [0.5, 0.6) is 0 Å².